The van der Waals surface area contributed by atoms with Gasteiger partial charge in [-0.15, -0.1) is 0 Å². The van der Waals surface area contributed by atoms with E-state index < -0.39 is 11.9 Å². The van der Waals surface area contributed by atoms with Crippen molar-refractivity contribution in [2.75, 3.05) is 13.2 Å². The molecule has 5 nitrogen and oxygen atoms in total. The average molecular weight is 296 g/mol. The van der Waals surface area contributed by atoms with Gasteiger partial charge in [0.2, 0.25) is 0 Å². The highest BCUT2D eigenvalue weighted by Gasteiger charge is 2.09. The molecule has 0 spiro atoms. The molecule has 0 amide bonds. The van der Waals surface area contributed by atoms with E-state index in [1.807, 2.05) is 13.8 Å². The summed E-state index contributed by atoms with van der Waals surface area (Å²) in [6.45, 7) is 6.92. The molecule has 0 aromatic carbocycles. The van der Waals surface area contributed by atoms with Crippen LogP contribution in [0.4, 0.5) is 0 Å². The molecule has 0 aliphatic carbocycles. The molecule has 0 saturated carbocycles. The van der Waals surface area contributed by atoms with Crippen LogP contribution in [0, 0.1) is 0 Å². The number of carboxylic acids is 2. The first-order valence-electron chi connectivity index (χ1n) is 7.33. The van der Waals surface area contributed by atoms with Gasteiger partial charge in [-0.05, 0) is 36.8 Å². The Morgan fingerprint density at radius 1 is 0.952 bits per heavy atom. The molecule has 0 N–H and O–H groups in total. The number of rotatable bonds is 12. The quantitative estimate of drug-likeness (QED) is 0.495. The van der Waals surface area contributed by atoms with Crippen LogP contribution in [0.5, 0.6) is 0 Å². The maximum absolute atomic E-state index is 11.3. The molecule has 0 atom stereocenters. The molecule has 0 rings (SSSR count). The summed E-state index contributed by atoms with van der Waals surface area (Å²) in [7, 11) is 0. The topological polar surface area (TPSA) is 89.5 Å². The smallest absolute Gasteiger partial charge is 0.0738 e. The monoisotopic (exact) mass is 296 g/mol. The molecule has 0 bridgehead atoms. The number of ether oxygens (including phenoxy) is 1. The van der Waals surface area contributed by atoms with Crippen LogP contribution < -0.4 is 10.2 Å². The van der Waals surface area contributed by atoms with E-state index in [9.17, 15) is 19.8 Å². The summed E-state index contributed by atoms with van der Waals surface area (Å²) in [6.07, 6.45) is 5.15. The summed E-state index contributed by atoms with van der Waals surface area (Å²) >= 11 is 0. The van der Waals surface area contributed by atoms with Crippen molar-refractivity contribution in [1.29, 1.82) is 0 Å². The molecular weight excluding hydrogens is 272 g/mol. The summed E-state index contributed by atoms with van der Waals surface area (Å²) in [5.74, 6) is -2.65. The predicted octanol–water partition coefficient (Wildman–Crippen LogP) is 0.736. The maximum atomic E-state index is 11.3. The van der Waals surface area contributed by atoms with Crippen molar-refractivity contribution in [3.05, 3.63) is 23.3 Å². The number of aliphatic carboxylic acids is 2. The van der Waals surface area contributed by atoms with Crippen LogP contribution >= 0.6 is 0 Å². The lowest BCUT2D eigenvalue weighted by molar-refractivity contribution is -0.300. The molecule has 0 aromatic rings. The lowest BCUT2D eigenvalue weighted by Gasteiger charge is -2.17. The molecule has 120 valence electrons. The maximum Gasteiger partial charge on any atom is 0.0738 e. The second-order valence-electron chi connectivity index (χ2n) is 4.96. The molecule has 0 radical (unpaired) electrons. The van der Waals surface area contributed by atoms with Crippen molar-refractivity contribution < 1.29 is 24.5 Å². The molecule has 0 fully saturated rings. The number of hydrogen-bond acceptors (Lipinski definition) is 5. The van der Waals surface area contributed by atoms with Gasteiger partial charge in [0.05, 0.1) is 25.2 Å². The zero-order valence-corrected chi connectivity index (χ0v) is 12.9. The Morgan fingerprint density at radius 3 is 1.86 bits per heavy atom. The van der Waals surface area contributed by atoms with E-state index >= 15 is 0 Å². The summed E-state index contributed by atoms with van der Waals surface area (Å²) in [4.78, 5) is 21.8. The second kappa shape index (κ2) is 11.1. The van der Waals surface area contributed by atoms with E-state index in [1.54, 1.807) is 0 Å². The van der Waals surface area contributed by atoms with Crippen molar-refractivity contribution in [1.82, 2.24) is 0 Å². The minimum Gasteiger partial charge on any atom is -0.545 e. The van der Waals surface area contributed by atoms with Crippen molar-refractivity contribution in [2.24, 2.45) is 0 Å². The summed E-state index contributed by atoms with van der Waals surface area (Å²) in [5.41, 5.74) is 0.747. The van der Waals surface area contributed by atoms with Gasteiger partial charge >= 0.3 is 0 Å². The Balaban J connectivity index is 4.82. The molecular formula is C16H24O5-2. The van der Waals surface area contributed by atoms with Gasteiger partial charge in [-0.25, -0.2) is 0 Å². The first-order chi connectivity index (χ1) is 9.93. The van der Waals surface area contributed by atoms with Crippen LogP contribution in [0.3, 0.4) is 0 Å². The zero-order chi connectivity index (χ0) is 16.3. The van der Waals surface area contributed by atoms with Crippen LogP contribution in [0.25, 0.3) is 0 Å². The third kappa shape index (κ3) is 8.30. The third-order valence-electron chi connectivity index (χ3n) is 3.15. The highest BCUT2D eigenvalue weighted by molar-refractivity contribution is 5.86. The first kappa shape index (κ1) is 19.4. The summed E-state index contributed by atoms with van der Waals surface area (Å²) in [6, 6.07) is 0. The van der Waals surface area contributed by atoms with E-state index in [4.69, 9.17) is 4.74 Å². The van der Waals surface area contributed by atoms with Gasteiger partial charge in [0.25, 0.3) is 0 Å². The van der Waals surface area contributed by atoms with Gasteiger partial charge in [0.1, 0.15) is 0 Å². The van der Waals surface area contributed by atoms with Gasteiger partial charge in [0, 0.05) is 0 Å². The minimum absolute atomic E-state index is 0.128. The Hall–Kier alpha value is -1.62. The number of carboxylic acid groups (broad SMARTS) is 2. The normalized spacial score (nSPS) is 10.2. The Kier molecular flexibility index (Phi) is 10.2. The molecule has 0 heterocycles. The number of hydrogen-bond donors (Lipinski definition) is 0. The van der Waals surface area contributed by atoms with Crippen molar-refractivity contribution in [3.63, 3.8) is 0 Å². The number of unbranched alkanes of at least 4 members (excludes halogenated alkanes) is 2. The lowest BCUT2D eigenvalue weighted by Crippen LogP contribution is -2.30. The van der Waals surface area contributed by atoms with Crippen LogP contribution in [-0.2, 0) is 14.3 Å². The van der Waals surface area contributed by atoms with E-state index in [1.165, 1.54) is 0 Å². The van der Waals surface area contributed by atoms with Crippen LogP contribution in [0.1, 0.15) is 52.4 Å². The molecule has 0 unspecified atom stereocenters. The molecule has 21 heavy (non-hydrogen) atoms. The van der Waals surface area contributed by atoms with E-state index in [0.29, 0.717) is 12.8 Å². The Bertz CT molecular complexity index is 385. The standard InChI is InChI=1S/C16H26O5/c1-4-6-8-13(9-7-5-2)14(16(19)20)11-21-10-12(3)15(17)18/h3-11H2,1-2H3,(H,17,18)(H,19,20)/p-2. The van der Waals surface area contributed by atoms with E-state index in [0.717, 1.165) is 31.3 Å². The summed E-state index contributed by atoms with van der Waals surface area (Å²) in [5, 5.41) is 21.8. The summed E-state index contributed by atoms with van der Waals surface area (Å²) < 4.78 is 5.12. The number of allylic oxidation sites excluding steroid dienone is 1. The first-order valence-corrected chi connectivity index (χ1v) is 7.33. The molecule has 5 heteroatoms. The Morgan fingerprint density at radius 2 is 1.48 bits per heavy atom. The minimum atomic E-state index is -1.40. The largest absolute Gasteiger partial charge is 0.545 e. The Labute approximate surface area is 126 Å². The van der Waals surface area contributed by atoms with Gasteiger partial charge < -0.3 is 24.5 Å². The van der Waals surface area contributed by atoms with Crippen molar-refractivity contribution in [3.8, 4) is 0 Å². The molecule has 0 aliphatic rings. The second-order valence-corrected chi connectivity index (χ2v) is 4.96. The molecule has 0 aliphatic heterocycles. The third-order valence-corrected chi connectivity index (χ3v) is 3.15. The molecule has 0 saturated heterocycles. The van der Waals surface area contributed by atoms with Crippen LogP contribution in [-0.4, -0.2) is 25.2 Å². The predicted molar refractivity (Wildman–Crippen MR) is 76.0 cm³/mol. The van der Waals surface area contributed by atoms with Gasteiger partial charge in [-0.1, -0.05) is 38.8 Å². The number of carbonyl (C=O) groups is 2. The average Bonchev–Trinajstić information content (AvgIpc) is 2.44. The lowest BCUT2D eigenvalue weighted by atomic mass is 9.97. The number of carbonyl (C=O) groups excluding carboxylic acids is 2. The van der Waals surface area contributed by atoms with Gasteiger partial charge in [0.15, 0.2) is 0 Å². The van der Waals surface area contributed by atoms with E-state index in [-0.39, 0.29) is 24.4 Å². The van der Waals surface area contributed by atoms with Gasteiger partial charge in [-0.3, -0.25) is 0 Å². The van der Waals surface area contributed by atoms with E-state index in [2.05, 4.69) is 6.58 Å². The highest BCUT2D eigenvalue weighted by Crippen LogP contribution is 2.19. The fourth-order valence-electron chi connectivity index (χ4n) is 1.85. The van der Waals surface area contributed by atoms with Crippen molar-refractivity contribution >= 4 is 11.9 Å². The van der Waals surface area contributed by atoms with Gasteiger partial charge in [-0.2, -0.15) is 0 Å². The SMILES string of the molecule is C=C(COCC(C(=O)[O-])=C(CCCC)CCCC)C(=O)[O-]. The van der Waals surface area contributed by atoms with Crippen molar-refractivity contribution in [2.45, 2.75) is 52.4 Å². The van der Waals surface area contributed by atoms with Crippen LogP contribution in [0.15, 0.2) is 23.3 Å². The zero-order valence-electron chi connectivity index (χ0n) is 12.9. The molecule has 0 aromatic heterocycles. The highest BCUT2D eigenvalue weighted by atomic mass is 16.5. The fraction of sp³-hybridized carbons (Fsp3) is 0.625. The van der Waals surface area contributed by atoms with Crippen LogP contribution in [0.2, 0.25) is 0 Å². The fourth-order valence-corrected chi connectivity index (χ4v) is 1.85.